The number of amides is 1. The molecule has 4 N–H and O–H groups in total. The van der Waals surface area contributed by atoms with Crippen LogP contribution in [0.2, 0.25) is 0 Å². The second-order valence-corrected chi connectivity index (χ2v) is 4.48. The molecule has 88 valence electrons. The maximum Gasteiger partial charge on any atom is 0.225 e. The minimum atomic E-state index is -0.0314. The number of thioether (sulfide) groups is 1. The first-order valence-corrected chi connectivity index (χ1v) is 6.22. The second kappa shape index (κ2) is 7.14. The van der Waals surface area contributed by atoms with E-state index in [4.69, 9.17) is 10.8 Å². The van der Waals surface area contributed by atoms with Crippen LogP contribution in [-0.4, -0.2) is 29.1 Å². The van der Waals surface area contributed by atoms with Crippen molar-refractivity contribution in [2.24, 2.45) is 0 Å². The number of anilines is 2. The summed E-state index contributed by atoms with van der Waals surface area (Å²) in [6, 6.07) is 7.09. The van der Waals surface area contributed by atoms with Gasteiger partial charge in [-0.1, -0.05) is 6.07 Å². The first kappa shape index (κ1) is 12.9. The second-order valence-electron chi connectivity index (χ2n) is 3.26. The molecule has 0 aliphatic carbocycles. The quantitative estimate of drug-likeness (QED) is 0.518. The lowest BCUT2D eigenvalue weighted by molar-refractivity contribution is -0.115. The molecule has 5 heteroatoms. The molecule has 0 bridgehead atoms. The molecule has 1 aromatic rings. The van der Waals surface area contributed by atoms with Gasteiger partial charge in [-0.2, -0.15) is 11.8 Å². The van der Waals surface area contributed by atoms with Gasteiger partial charge in [-0.05, 0) is 18.2 Å². The van der Waals surface area contributed by atoms with Crippen LogP contribution >= 0.6 is 11.8 Å². The lowest BCUT2D eigenvalue weighted by atomic mass is 10.3. The Balaban J connectivity index is 2.29. The third-order valence-electron chi connectivity index (χ3n) is 1.88. The van der Waals surface area contributed by atoms with Gasteiger partial charge in [0, 0.05) is 29.3 Å². The van der Waals surface area contributed by atoms with Crippen molar-refractivity contribution in [2.75, 3.05) is 29.2 Å². The van der Waals surface area contributed by atoms with Crippen LogP contribution in [0.3, 0.4) is 0 Å². The van der Waals surface area contributed by atoms with Crippen molar-refractivity contribution in [3.8, 4) is 0 Å². The van der Waals surface area contributed by atoms with Crippen molar-refractivity contribution in [3.05, 3.63) is 24.3 Å². The van der Waals surface area contributed by atoms with Gasteiger partial charge >= 0.3 is 0 Å². The summed E-state index contributed by atoms with van der Waals surface area (Å²) in [4.78, 5) is 11.5. The topological polar surface area (TPSA) is 75.3 Å². The van der Waals surface area contributed by atoms with E-state index in [1.54, 1.807) is 36.0 Å². The fraction of sp³-hybridized carbons (Fsp3) is 0.364. The lowest BCUT2D eigenvalue weighted by Crippen LogP contribution is -2.12. The Bertz CT molecular complexity index is 345. The van der Waals surface area contributed by atoms with E-state index >= 15 is 0 Å². The van der Waals surface area contributed by atoms with Crippen LogP contribution in [0, 0.1) is 0 Å². The van der Waals surface area contributed by atoms with Crippen molar-refractivity contribution >= 4 is 29.0 Å². The molecule has 0 saturated heterocycles. The highest BCUT2D eigenvalue weighted by Gasteiger charge is 2.02. The Morgan fingerprint density at radius 2 is 2.25 bits per heavy atom. The molecule has 0 fully saturated rings. The summed E-state index contributed by atoms with van der Waals surface area (Å²) >= 11 is 1.56. The number of nitrogens with one attached hydrogen (secondary N) is 1. The molecule has 0 aliphatic heterocycles. The first-order chi connectivity index (χ1) is 7.72. The third kappa shape index (κ3) is 5.04. The Hall–Kier alpha value is -1.20. The van der Waals surface area contributed by atoms with Crippen molar-refractivity contribution in [1.29, 1.82) is 0 Å². The maximum atomic E-state index is 11.5. The Morgan fingerprint density at radius 3 is 2.94 bits per heavy atom. The average Bonchev–Trinajstić information content (AvgIpc) is 2.24. The number of hydrogen-bond donors (Lipinski definition) is 3. The van der Waals surface area contributed by atoms with Gasteiger partial charge in [0.15, 0.2) is 0 Å². The Labute approximate surface area is 99.2 Å². The zero-order valence-corrected chi connectivity index (χ0v) is 9.80. The van der Waals surface area contributed by atoms with Gasteiger partial charge < -0.3 is 16.2 Å². The number of rotatable bonds is 6. The summed E-state index contributed by atoms with van der Waals surface area (Å²) in [6.45, 7) is 0.154. The monoisotopic (exact) mass is 240 g/mol. The molecule has 16 heavy (non-hydrogen) atoms. The molecule has 4 nitrogen and oxygen atoms in total. The molecule has 0 aromatic heterocycles. The molecule has 1 amide bonds. The molecule has 0 saturated carbocycles. The fourth-order valence-electron chi connectivity index (χ4n) is 1.17. The highest BCUT2D eigenvalue weighted by atomic mass is 32.2. The van der Waals surface area contributed by atoms with Crippen LogP contribution in [0.1, 0.15) is 6.42 Å². The SMILES string of the molecule is Nc1cccc(NC(=O)CCSCCO)c1. The molecule has 0 spiro atoms. The van der Waals surface area contributed by atoms with E-state index in [1.807, 2.05) is 0 Å². The first-order valence-electron chi connectivity index (χ1n) is 5.06. The van der Waals surface area contributed by atoms with Crippen molar-refractivity contribution in [2.45, 2.75) is 6.42 Å². The van der Waals surface area contributed by atoms with Gasteiger partial charge in [-0.25, -0.2) is 0 Å². The zero-order valence-electron chi connectivity index (χ0n) is 8.98. The number of nitrogen functional groups attached to an aromatic ring is 1. The normalized spacial score (nSPS) is 10.1. The van der Waals surface area contributed by atoms with Crippen LogP contribution in [-0.2, 0) is 4.79 Å². The highest BCUT2D eigenvalue weighted by molar-refractivity contribution is 7.99. The molecule has 0 atom stereocenters. The minimum Gasteiger partial charge on any atom is -0.399 e. The number of carbonyl (C=O) groups is 1. The van der Waals surface area contributed by atoms with Gasteiger partial charge in [0.2, 0.25) is 5.91 Å². The van der Waals surface area contributed by atoms with Crippen LogP contribution in [0.4, 0.5) is 11.4 Å². The van der Waals surface area contributed by atoms with Gasteiger partial charge in [-0.3, -0.25) is 4.79 Å². The van der Waals surface area contributed by atoms with E-state index in [0.717, 1.165) is 5.69 Å². The maximum absolute atomic E-state index is 11.5. The summed E-state index contributed by atoms with van der Waals surface area (Å²) < 4.78 is 0. The molecule has 0 heterocycles. The smallest absolute Gasteiger partial charge is 0.225 e. The minimum absolute atomic E-state index is 0.0314. The summed E-state index contributed by atoms with van der Waals surface area (Å²) in [6.07, 6.45) is 0.444. The van der Waals surface area contributed by atoms with Gasteiger partial charge in [0.25, 0.3) is 0 Å². The van der Waals surface area contributed by atoms with E-state index in [0.29, 0.717) is 23.6 Å². The van der Waals surface area contributed by atoms with Gasteiger partial charge in [0.1, 0.15) is 0 Å². The molecule has 0 unspecified atom stereocenters. The Kier molecular flexibility index (Phi) is 5.74. The predicted molar refractivity (Wildman–Crippen MR) is 68.5 cm³/mol. The number of benzene rings is 1. The van der Waals surface area contributed by atoms with E-state index in [1.165, 1.54) is 0 Å². The molecule has 1 aromatic carbocycles. The number of aliphatic hydroxyl groups is 1. The molecule has 1 rings (SSSR count). The fourth-order valence-corrected chi connectivity index (χ4v) is 1.83. The lowest BCUT2D eigenvalue weighted by Gasteiger charge is -2.05. The number of aliphatic hydroxyl groups excluding tert-OH is 1. The molecule has 0 radical (unpaired) electrons. The van der Waals surface area contributed by atoms with Crippen molar-refractivity contribution < 1.29 is 9.90 Å². The summed E-state index contributed by atoms with van der Waals surface area (Å²) in [5, 5.41) is 11.3. The van der Waals surface area contributed by atoms with Gasteiger partial charge in [0.05, 0.1) is 6.61 Å². The third-order valence-corrected chi connectivity index (χ3v) is 2.84. The van der Waals surface area contributed by atoms with E-state index in [2.05, 4.69) is 5.32 Å². The largest absolute Gasteiger partial charge is 0.399 e. The van der Waals surface area contributed by atoms with Crippen LogP contribution < -0.4 is 11.1 Å². The van der Waals surface area contributed by atoms with E-state index in [-0.39, 0.29) is 12.5 Å². The summed E-state index contributed by atoms with van der Waals surface area (Å²) in [7, 11) is 0. The zero-order chi connectivity index (χ0) is 11.8. The molecular formula is C11H16N2O2S. The average molecular weight is 240 g/mol. The summed E-state index contributed by atoms with van der Waals surface area (Å²) in [5.41, 5.74) is 6.94. The highest BCUT2D eigenvalue weighted by Crippen LogP contribution is 2.12. The van der Waals surface area contributed by atoms with Crippen LogP contribution in [0.25, 0.3) is 0 Å². The predicted octanol–water partition coefficient (Wildman–Crippen LogP) is 1.32. The number of carbonyl (C=O) groups excluding carboxylic acids is 1. The van der Waals surface area contributed by atoms with Crippen molar-refractivity contribution in [1.82, 2.24) is 0 Å². The standard InChI is InChI=1S/C11H16N2O2S/c12-9-2-1-3-10(8-9)13-11(15)4-6-16-7-5-14/h1-3,8,14H,4-7,12H2,(H,13,15). The molecule has 0 aliphatic rings. The number of nitrogens with two attached hydrogens (primary N) is 1. The molecular weight excluding hydrogens is 224 g/mol. The van der Waals surface area contributed by atoms with Gasteiger partial charge in [-0.15, -0.1) is 0 Å². The van der Waals surface area contributed by atoms with Crippen molar-refractivity contribution in [3.63, 3.8) is 0 Å². The van der Waals surface area contributed by atoms with Crippen LogP contribution in [0.15, 0.2) is 24.3 Å². The van der Waals surface area contributed by atoms with E-state index < -0.39 is 0 Å². The van der Waals surface area contributed by atoms with Crippen LogP contribution in [0.5, 0.6) is 0 Å². The summed E-state index contributed by atoms with van der Waals surface area (Å²) in [5.74, 6) is 1.36. The van der Waals surface area contributed by atoms with E-state index in [9.17, 15) is 4.79 Å². The number of hydrogen-bond acceptors (Lipinski definition) is 4. The Morgan fingerprint density at radius 1 is 1.44 bits per heavy atom.